The average molecular weight is 233 g/mol. The Hall–Kier alpha value is -0.900. The van der Waals surface area contributed by atoms with Gasteiger partial charge in [0.25, 0.3) is 0 Å². The fourth-order valence-electron chi connectivity index (χ4n) is 2.52. The number of fused-ring (bicyclic) bond motifs is 1. The van der Waals surface area contributed by atoms with E-state index in [0.29, 0.717) is 13.2 Å². The Morgan fingerprint density at radius 2 is 2.18 bits per heavy atom. The van der Waals surface area contributed by atoms with Gasteiger partial charge in [0, 0.05) is 0 Å². The van der Waals surface area contributed by atoms with E-state index in [-0.39, 0.29) is 6.61 Å². The summed E-state index contributed by atoms with van der Waals surface area (Å²) in [5.41, 5.74) is 2.00. The molecule has 1 fully saturated rings. The highest BCUT2D eigenvalue weighted by Crippen LogP contribution is 2.33. The molecule has 17 heavy (non-hydrogen) atoms. The number of hydrogen-bond acceptors (Lipinski definition) is 3. The summed E-state index contributed by atoms with van der Waals surface area (Å²) < 4.78 is 5.63. The van der Waals surface area contributed by atoms with Crippen molar-refractivity contribution in [1.29, 1.82) is 0 Å². The van der Waals surface area contributed by atoms with Crippen LogP contribution < -0.4 is 5.32 Å². The third-order valence-corrected chi connectivity index (χ3v) is 3.83. The van der Waals surface area contributed by atoms with E-state index in [2.05, 4.69) is 17.4 Å². The summed E-state index contributed by atoms with van der Waals surface area (Å²) in [5, 5.41) is 13.3. The number of rotatable bonds is 4. The largest absolute Gasteiger partial charge is 0.394 e. The van der Waals surface area contributed by atoms with Gasteiger partial charge in [-0.1, -0.05) is 24.3 Å². The molecular formula is C14H19NO2. The quantitative estimate of drug-likeness (QED) is 0.826. The highest BCUT2D eigenvalue weighted by atomic mass is 16.5. The lowest BCUT2D eigenvalue weighted by Gasteiger charge is -2.38. The van der Waals surface area contributed by atoms with Crippen LogP contribution in [-0.4, -0.2) is 24.9 Å². The van der Waals surface area contributed by atoms with Crippen LogP contribution in [0, 0.1) is 5.92 Å². The molecule has 2 N–H and O–H groups in total. The molecule has 1 heterocycles. The number of nitrogens with one attached hydrogen (secondary N) is 1. The highest BCUT2D eigenvalue weighted by molar-refractivity contribution is 5.35. The molecule has 2 aliphatic rings. The van der Waals surface area contributed by atoms with Crippen LogP contribution >= 0.6 is 0 Å². The van der Waals surface area contributed by atoms with Gasteiger partial charge < -0.3 is 15.2 Å². The minimum Gasteiger partial charge on any atom is -0.394 e. The molecule has 1 unspecified atom stereocenters. The summed E-state index contributed by atoms with van der Waals surface area (Å²) >= 11 is 0. The second-order valence-corrected chi connectivity index (χ2v) is 5.21. The van der Waals surface area contributed by atoms with E-state index in [1.807, 2.05) is 12.1 Å². The van der Waals surface area contributed by atoms with Crippen molar-refractivity contribution in [3.63, 3.8) is 0 Å². The summed E-state index contributed by atoms with van der Waals surface area (Å²) in [6.45, 7) is 2.30. The minimum absolute atomic E-state index is 0.0940. The van der Waals surface area contributed by atoms with Crippen molar-refractivity contribution in [2.24, 2.45) is 5.92 Å². The van der Waals surface area contributed by atoms with Gasteiger partial charge in [-0.3, -0.25) is 0 Å². The van der Waals surface area contributed by atoms with Crippen molar-refractivity contribution < 1.29 is 9.84 Å². The number of aliphatic hydroxyl groups excluding tert-OH is 1. The average Bonchev–Trinajstić information content (AvgIpc) is 3.20. The molecule has 3 rings (SSSR count). The number of aliphatic hydroxyl groups is 1. The Morgan fingerprint density at radius 1 is 1.35 bits per heavy atom. The van der Waals surface area contributed by atoms with E-state index in [1.165, 1.54) is 24.0 Å². The summed E-state index contributed by atoms with van der Waals surface area (Å²) in [6.07, 6.45) is 2.63. The first-order valence-corrected chi connectivity index (χ1v) is 6.36. The Labute approximate surface area is 102 Å². The molecule has 1 aliphatic heterocycles. The van der Waals surface area contributed by atoms with Crippen molar-refractivity contribution in [2.45, 2.75) is 25.0 Å². The second kappa shape index (κ2) is 4.41. The molecule has 3 heteroatoms. The molecule has 0 spiro atoms. The third kappa shape index (κ3) is 2.10. The monoisotopic (exact) mass is 233 g/mol. The van der Waals surface area contributed by atoms with Gasteiger partial charge in [0.1, 0.15) is 0 Å². The third-order valence-electron chi connectivity index (χ3n) is 3.83. The van der Waals surface area contributed by atoms with E-state index < -0.39 is 5.54 Å². The fraction of sp³-hybridized carbons (Fsp3) is 0.571. The normalized spacial score (nSPS) is 27.8. The first-order valence-electron chi connectivity index (χ1n) is 6.36. The summed E-state index contributed by atoms with van der Waals surface area (Å²) in [6, 6.07) is 8.25. The summed E-state index contributed by atoms with van der Waals surface area (Å²) in [7, 11) is 0. The van der Waals surface area contributed by atoms with Gasteiger partial charge in [-0.15, -0.1) is 0 Å². The molecule has 0 amide bonds. The van der Waals surface area contributed by atoms with Crippen LogP contribution in [0.1, 0.15) is 24.0 Å². The molecular weight excluding hydrogens is 214 g/mol. The van der Waals surface area contributed by atoms with Crippen LogP contribution in [-0.2, 0) is 16.9 Å². The topological polar surface area (TPSA) is 41.5 Å². The van der Waals surface area contributed by atoms with Crippen molar-refractivity contribution in [1.82, 2.24) is 5.32 Å². The maximum Gasteiger partial charge on any atom is 0.0909 e. The predicted octanol–water partition coefficient (Wildman–Crippen LogP) is 1.40. The first-order chi connectivity index (χ1) is 8.34. The van der Waals surface area contributed by atoms with Crippen LogP contribution in [0.2, 0.25) is 0 Å². The lowest BCUT2D eigenvalue weighted by atomic mass is 9.86. The van der Waals surface area contributed by atoms with Gasteiger partial charge in [-0.25, -0.2) is 0 Å². The molecule has 1 aliphatic carbocycles. The Kier molecular flexibility index (Phi) is 2.90. The molecule has 1 atom stereocenters. The SMILES string of the molecule is OCC1(NCC2CC2)COCc2ccccc21. The van der Waals surface area contributed by atoms with Crippen LogP contribution in [0.25, 0.3) is 0 Å². The molecule has 0 aromatic heterocycles. The predicted molar refractivity (Wildman–Crippen MR) is 65.6 cm³/mol. The van der Waals surface area contributed by atoms with E-state index in [4.69, 9.17) is 4.74 Å². The van der Waals surface area contributed by atoms with Crippen molar-refractivity contribution >= 4 is 0 Å². The Morgan fingerprint density at radius 3 is 2.94 bits per heavy atom. The zero-order valence-electron chi connectivity index (χ0n) is 9.98. The van der Waals surface area contributed by atoms with Crippen LogP contribution in [0.4, 0.5) is 0 Å². The van der Waals surface area contributed by atoms with Gasteiger partial charge in [0.05, 0.1) is 25.4 Å². The van der Waals surface area contributed by atoms with E-state index in [9.17, 15) is 5.11 Å². The summed E-state index contributed by atoms with van der Waals surface area (Å²) in [4.78, 5) is 0. The molecule has 0 radical (unpaired) electrons. The Bertz CT molecular complexity index is 403. The van der Waals surface area contributed by atoms with Gasteiger partial charge in [0.2, 0.25) is 0 Å². The molecule has 92 valence electrons. The maximum absolute atomic E-state index is 9.78. The van der Waals surface area contributed by atoms with Gasteiger partial charge in [-0.05, 0) is 36.4 Å². The molecule has 0 bridgehead atoms. The van der Waals surface area contributed by atoms with Crippen molar-refractivity contribution in [2.75, 3.05) is 19.8 Å². The molecule has 1 aromatic carbocycles. The highest BCUT2D eigenvalue weighted by Gasteiger charge is 2.37. The number of hydrogen-bond donors (Lipinski definition) is 2. The Balaban J connectivity index is 1.87. The second-order valence-electron chi connectivity index (χ2n) is 5.21. The van der Waals surface area contributed by atoms with Crippen LogP contribution in [0.5, 0.6) is 0 Å². The zero-order valence-corrected chi connectivity index (χ0v) is 9.98. The van der Waals surface area contributed by atoms with Crippen LogP contribution in [0.3, 0.4) is 0 Å². The lowest BCUT2D eigenvalue weighted by molar-refractivity contribution is 0.00677. The van der Waals surface area contributed by atoms with E-state index in [1.54, 1.807) is 0 Å². The van der Waals surface area contributed by atoms with E-state index in [0.717, 1.165) is 12.5 Å². The first kappa shape index (κ1) is 11.2. The lowest BCUT2D eigenvalue weighted by Crippen LogP contribution is -2.52. The zero-order chi connectivity index (χ0) is 11.7. The van der Waals surface area contributed by atoms with Crippen molar-refractivity contribution in [3.8, 4) is 0 Å². The maximum atomic E-state index is 9.78. The van der Waals surface area contributed by atoms with Crippen LogP contribution in [0.15, 0.2) is 24.3 Å². The molecule has 1 saturated carbocycles. The minimum atomic E-state index is -0.391. The smallest absolute Gasteiger partial charge is 0.0909 e. The van der Waals surface area contributed by atoms with Gasteiger partial charge in [-0.2, -0.15) is 0 Å². The van der Waals surface area contributed by atoms with Gasteiger partial charge >= 0.3 is 0 Å². The molecule has 3 nitrogen and oxygen atoms in total. The summed E-state index contributed by atoms with van der Waals surface area (Å²) in [5.74, 6) is 0.799. The number of ether oxygens (including phenoxy) is 1. The standard InChI is InChI=1S/C14H19NO2/c16-9-14(15-7-11-5-6-11)10-17-8-12-3-1-2-4-13(12)14/h1-4,11,15-16H,5-10H2. The molecule has 0 saturated heterocycles. The number of benzene rings is 1. The van der Waals surface area contributed by atoms with Crippen molar-refractivity contribution in [3.05, 3.63) is 35.4 Å². The van der Waals surface area contributed by atoms with E-state index >= 15 is 0 Å². The fourth-order valence-corrected chi connectivity index (χ4v) is 2.52. The molecule has 1 aromatic rings. The van der Waals surface area contributed by atoms with Gasteiger partial charge in [0.15, 0.2) is 0 Å².